The molecule has 1 aromatic carbocycles. The number of carbonyl (C=O) groups is 1. The third kappa shape index (κ3) is 4.90. The predicted octanol–water partition coefficient (Wildman–Crippen LogP) is 6.53. The number of carbonyl (C=O) groups excluding carboxylic acids is 1. The molecule has 200 valence electrons. The largest absolute Gasteiger partial charge is 0.343 e. The van der Waals surface area contributed by atoms with E-state index in [0.29, 0.717) is 28.1 Å². The molecule has 0 saturated carbocycles. The van der Waals surface area contributed by atoms with Crippen LogP contribution in [0, 0.1) is 34.6 Å². The van der Waals surface area contributed by atoms with Crippen molar-refractivity contribution in [1.29, 1.82) is 0 Å². The zero-order valence-electron chi connectivity index (χ0n) is 22.5. The number of halogens is 2. The fraction of sp³-hybridized carbons (Fsp3) is 0.333. The highest BCUT2D eigenvalue weighted by atomic mass is 35.5. The van der Waals surface area contributed by atoms with Crippen LogP contribution in [-0.2, 0) is 15.4 Å². The topological polar surface area (TPSA) is 118 Å². The molecule has 0 aliphatic heterocycles. The first kappa shape index (κ1) is 28.0. The zero-order valence-corrected chi connectivity index (χ0v) is 24.8. The van der Waals surface area contributed by atoms with Gasteiger partial charge in [-0.25, -0.2) is 23.4 Å². The third-order valence-corrected chi connectivity index (χ3v) is 8.60. The van der Waals surface area contributed by atoms with Gasteiger partial charge in [0.2, 0.25) is 5.78 Å². The van der Waals surface area contributed by atoms with Crippen LogP contribution in [0.1, 0.15) is 70.9 Å². The SMILES string of the molecule is Cc1nc(C(=O)c2nc(C)c(C(C)(C)C)c(C)c2NS(=O)(=O)c2ccc(Cl)c(Cl)c2)c2c(C)c(C)[nH]c2n1. The minimum absolute atomic E-state index is 0.0470. The molecule has 11 heteroatoms. The minimum atomic E-state index is -4.17. The molecule has 0 saturated heterocycles. The smallest absolute Gasteiger partial charge is 0.262 e. The number of hydrogen-bond acceptors (Lipinski definition) is 6. The number of sulfonamides is 1. The molecule has 0 unspecified atom stereocenters. The minimum Gasteiger partial charge on any atom is -0.343 e. The number of nitrogens with one attached hydrogen (secondary N) is 2. The van der Waals surface area contributed by atoms with Crippen molar-refractivity contribution >= 4 is 55.7 Å². The Kier molecular flexibility index (Phi) is 7.10. The molecule has 3 heterocycles. The van der Waals surface area contributed by atoms with Crippen molar-refractivity contribution < 1.29 is 13.2 Å². The van der Waals surface area contributed by atoms with Gasteiger partial charge in [-0.1, -0.05) is 44.0 Å². The van der Waals surface area contributed by atoms with Crippen LogP contribution in [-0.4, -0.2) is 34.1 Å². The van der Waals surface area contributed by atoms with Crippen molar-refractivity contribution in [2.75, 3.05) is 4.72 Å². The molecule has 4 rings (SSSR count). The van der Waals surface area contributed by atoms with Gasteiger partial charge in [0.15, 0.2) is 0 Å². The van der Waals surface area contributed by atoms with E-state index in [4.69, 9.17) is 23.2 Å². The Morgan fingerprint density at radius 3 is 2.18 bits per heavy atom. The first-order valence-electron chi connectivity index (χ1n) is 11.9. The van der Waals surface area contributed by atoms with Gasteiger partial charge in [0.25, 0.3) is 10.0 Å². The van der Waals surface area contributed by atoms with E-state index in [-0.39, 0.29) is 37.4 Å². The summed E-state index contributed by atoms with van der Waals surface area (Å²) in [6.45, 7) is 15.1. The molecule has 8 nitrogen and oxygen atoms in total. The molecule has 3 aromatic heterocycles. The van der Waals surface area contributed by atoms with Crippen molar-refractivity contribution in [3.05, 3.63) is 73.5 Å². The molecule has 0 radical (unpaired) electrons. The number of H-pyrrole nitrogens is 1. The maximum atomic E-state index is 14.1. The number of nitrogens with zero attached hydrogens (tertiary/aromatic N) is 3. The Labute approximate surface area is 232 Å². The number of fused-ring (bicyclic) bond motifs is 1. The van der Waals surface area contributed by atoms with Crippen molar-refractivity contribution in [2.24, 2.45) is 0 Å². The summed E-state index contributed by atoms with van der Waals surface area (Å²) in [5, 5.41) is 0.899. The van der Waals surface area contributed by atoms with E-state index in [0.717, 1.165) is 16.8 Å². The lowest BCUT2D eigenvalue weighted by molar-refractivity contribution is 0.103. The van der Waals surface area contributed by atoms with E-state index in [2.05, 4.69) is 24.7 Å². The van der Waals surface area contributed by atoms with E-state index >= 15 is 0 Å². The molecule has 0 fully saturated rings. The second-order valence-corrected chi connectivity index (χ2v) is 12.9. The molecule has 0 amide bonds. The summed E-state index contributed by atoms with van der Waals surface area (Å²) in [6.07, 6.45) is 0. The quantitative estimate of drug-likeness (QED) is 0.262. The number of aromatic nitrogens is 4. The number of anilines is 1. The first-order chi connectivity index (χ1) is 17.5. The molecule has 2 N–H and O–H groups in total. The van der Waals surface area contributed by atoms with Gasteiger partial charge in [-0.05, 0) is 74.9 Å². The van der Waals surface area contributed by atoms with Crippen LogP contribution < -0.4 is 4.72 Å². The van der Waals surface area contributed by atoms with E-state index in [1.165, 1.54) is 18.2 Å². The average Bonchev–Trinajstić information content (AvgIpc) is 3.08. The van der Waals surface area contributed by atoms with Crippen LogP contribution >= 0.6 is 23.2 Å². The van der Waals surface area contributed by atoms with Gasteiger partial charge in [-0.2, -0.15) is 0 Å². The van der Waals surface area contributed by atoms with Crippen LogP contribution in [0.15, 0.2) is 23.1 Å². The van der Waals surface area contributed by atoms with Crippen molar-refractivity contribution in [3.63, 3.8) is 0 Å². The van der Waals surface area contributed by atoms with Gasteiger partial charge in [0.1, 0.15) is 22.9 Å². The van der Waals surface area contributed by atoms with Crippen LogP contribution in [0.4, 0.5) is 5.69 Å². The van der Waals surface area contributed by atoms with Gasteiger partial charge in [-0.3, -0.25) is 9.52 Å². The third-order valence-electron chi connectivity index (χ3n) is 6.51. The van der Waals surface area contributed by atoms with Crippen molar-refractivity contribution in [3.8, 4) is 0 Å². The van der Waals surface area contributed by atoms with Gasteiger partial charge >= 0.3 is 0 Å². The van der Waals surface area contributed by atoms with Gasteiger partial charge < -0.3 is 4.98 Å². The first-order valence-corrected chi connectivity index (χ1v) is 14.1. The maximum absolute atomic E-state index is 14.1. The average molecular weight is 575 g/mol. The van der Waals surface area contributed by atoms with Crippen LogP contribution in [0.25, 0.3) is 11.0 Å². The molecular weight excluding hydrogens is 545 g/mol. The van der Waals surface area contributed by atoms with E-state index in [1.807, 2.05) is 41.5 Å². The molecule has 0 atom stereocenters. The summed E-state index contributed by atoms with van der Waals surface area (Å²) in [6, 6.07) is 4.02. The highest BCUT2D eigenvalue weighted by Gasteiger charge is 2.31. The number of aryl methyl sites for hydroxylation is 4. The number of benzene rings is 1. The second kappa shape index (κ2) is 9.63. The second-order valence-electron chi connectivity index (χ2n) is 10.4. The number of hydrogen-bond donors (Lipinski definition) is 2. The summed E-state index contributed by atoms with van der Waals surface area (Å²) >= 11 is 12.1. The molecule has 4 aromatic rings. The van der Waals surface area contributed by atoms with Crippen LogP contribution in [0.2, 0.25) is 10.0 Å². The fourth-order valence-electron chi connectivity index (χ4n) is 4.84. The molecule has 0 aliphatic rings. The highest BCUT2D eigenvalue weighted by molar-refractivity contribution is 7.92. The standard InChI is InChI=1S/C27H29Cl2N5O3S/c1-12-14(3)31-26-20(12)23(32-16(5)33-26)25(35)24-22(13(2)21(15(4)30-24)27(6,7)8)34-38(36,37)17-9-10-18(28)19(29)11-17/h9-11,34H,1-8H3,(H,31,32,33). The summed E-state index contributed by atoms with van der Waals surface area (Å²) in [5.41, 5.74) is 4.10. The lowest BCUT2D eigenvalue weighted by atomic mass is 9.82. The predicted molar refractivity (Wildman–Crippen MR) is 151 cm³/mol. The number of pyridine rings is 1. The number of rotatable bonds is 5. The molecule has 0 aliphatic carbocycles. The Morgan fingerprint density at radius 2 is 1.58 bits per heavy atom. The van der Waals surface area contributed by atoms with Gasteiger partial charge in [-0.15, -0.1) is 0 Å². The monoisotopic (exact) mass is 573 g/mol. The Morgan fingerprint density at radius 1 is 0.921 bits per heavy atom. The van der Waals surface area contributed by atoms with Crippen molar-refractivity contribution in [2.45, 2.75) is 65.7 Å². The Balaban J connectivity index is 2.00. The zero-order chi connectivity index (χ0) is 28.3. The lowest BCUT2D eigenvalue weighted by Crippen LogP contribution is -2.24. The van der Waals surface area contributed by atoms with E-state index < -0.39 is 15.8 Å². The van der Waals surface area contributed by atoms with Gasteiger partial charge in [0.05, 0.1) is 26.0 Å². The summed E-state index contributed by atoms with van der Waals surface area (Å²) in [5.74, 6) is -0.110. The van der Waals surface area contributed by atoms with Crippen LogP contribution in [0.5, 0.6) is 0 Å². The van der Waals surface area contributed by atoms with Gasteiger partial charge in [0, 0.05) is 11.4 Å². The molecular formula is C27H29Cl2N5O3S. The van der Waals surface area contributed by atoms with Crippen molar-refractivity contribution in [1.82, 2.24) is 19.9 Å². The normalized spacial score (nSPS) is 12.3. The number of ketones is 1. The molecule has 0 bridgehead atoms. The molecule has 38 heavy (non-hydrogen) atoms. The summed E-state index contributed by atoms with van der Waals surface area (Å²) in [7, 11) is -4.17. The van der Waals surface area contributed by atoms with E-state index in [9.17, 15) is 13.2 Å². The number of aromatic amines is 1. The summed E-state index contributed by atoms with van der Waals surface area (Å²) in [4.78, 5) is 30.8. The highest BCUT2D eigenvalue weighted by Crippen LogP contribution is 2.37. The van der Waals surface area contributed by atoms with E-state index in [1.54, 1.807) is 13.8 Å². The van der Waals surface area contributed by atoms with Crippen LogP contribution in [0.3, 0.4) is 0 Å². The maximum Gasteiger partial charge on any atom is 0.262 e. The Hall–Kier alpha value is -3.01. The fourth-order valence-corrected chi connectivity index (χ4v) is 6.36. The Bertz CT molecular complexity index is 1740. The summed E-state index contributed by atoms with van der Waals surface area (Å²) < 4.78 is 29.7. The lowest BCUT2D eigenvalue weighted by Gasteiger charge is -2.27. The molecule has 0 spiro atoms.